The number of benzene rings is 2. The molecule has 0 heterocycles. The maximum atomic E-state index is 13.4. The topological polar surface area (TPSA) is 74.8 Å². The lowest BCUT2D eigenvalue weighted by atomic mass is 10.1. The summed E-state index contributed by atoms with van der Waals surface area (Å²) in [5, 5.41) is 9.40. The van der Waals surface area contributed by atoms with Gasteiger partial charge >= 0.3 is 0 Å². The Kier molecular flexibility index (Phi) is 10.0. The molecule has 0 unspecified atom stereocenters. The fourth-order valence-electron chi connectivity index (χ4n) is 2.95. The third-order valence-corrected chi connectivity index (χ3v) is 4.85. The molecule has 0 atom stereocenters. The van der Waals surface area contributed by atoms with Crippen LogP contribution in [0.4, 0.5) is 4.39 Å². The highest BCUT2D eigenvalue weighted by molar-refractivity contribution is 14.0. The summed E-state index contributed by atoms with van der Waals surface area (Å²) in [6, 6.07) is 13.2. The van der Waals surface area contributed by atoms with Crippen LogP contribution in [-0.2, 0) is 17.8 Å². The molecule has 0 aromatic heterocycles. The number of aliphatic imine (C=N–C) groups is 1. The second kappa shape index (κ2) is 12.5. The fraction of sp³-hybridized carbons (Fsp3) is 0.391. The third kappa shape index (κ3) is 8.72. The van der Waals surface area contributed by atoms with Gasteiger partial charge < -0.3 is 20.7 Å². The number of ether oxygens (including phenoxy) is 1. The van der Waals surface area contributed by atoms with Gasteiger partial charge in [-0.1, -0.05) is 24.3 Å². The van der Waals surface area contributed by atoms with E-state index < -0.39 is 0 Å². The second-order valence-electron chi connectivity index (χ2n) is 7.46. The van der Waals surface area contributed by atoms with E-state index in [9.17, 15) is 9.18 Å². The minimum Gasteiger partial charge on any atom is -0.484 e. The van der Waals surface area contributed by atoms with Crippen molar-refractivity contribution in [3.8, 4) is 5.75 Å². The van der Waals surface area contributed by atoms with Gasteiger partial charge in [0.2, 0.25) is 0 Å². The van der Waals surface area contributed by atoms with Gasteiger partial charge in [0.25, 0.3) is 5.91 Å². The van der Waals surface area contributed by atoms with Crippen LogP contribution < -0.4 is 20.7 Å². The highest BCUT2D eigenvalue weighted by Crippen LogP contribution is 2.18. The Hall–Kier alpha value is -2.36. The molecule has 3 N–H and O–H groups in total. The number of aryl methyl sites for hydroxylation is 1. The summed E-state index contributed by atoms with van der Waals surface area (Å²) in [7, 11) is 1.72. The SMILES string of the molecule is CN=C(NCCc1ccc(OCC(=O)NC2CC2)cc1)NCc1ccc(F)c(C)c1.I. The van der Waals surface area contributed by atoms with Gasteiger partial charge in [-0.2, -0.15) is 0 Å². The number of hydrogen-bond acceptors (Lipinski definition) is 3. The van der Waals surface area contributed by atoms with Crippen molar-refractivity contribution < 1.29 is 13.9 Å². The van der Waals surface area contributed by atoms with Crippen molar-refractivity contribution in [2.24, 2.45) is 4.99 Å². The molecule has 0 radical (unpaired) electrons. The highest BCUT2D eigenvalue weighted by Gasteiger charge is 2.23. The van der Waals surface area contributed by atoms with Gasteiger partial charge in [0.05, 0.1) is 0 Å². The Morgan fingerprint density at radius 2 is 1.84 bits per heavy atom. The normalized spacial score (nSPS) is 13.2. The summed E-state index contributed by atoms with van der Waals surface area (Å²) in [4.78, 5) is 15.9. The van der Waals surface area contributed by atoms with Crippen LogP contribution in [0, 0.1) is 12.7 Å². The van der Waals surface area contributed by atoms with Crippen molar-refractivity contribution >= 4 is 35.8 Å². The summed E-state index contributed by atoms with van der Waals surface area (Å²) in [5.41, 5.74) is 2.79. The molecule has 1 amide bonds. The van der Waals surface area contributed by atoms with Crippen molar-refractivity contribution in [2.45, 2.75) is 38.8 Å². The number of guanidine groups is 1. The molecule has 0 aliphatic heterocycles. The van der Waals surface area contributed by atoms with E-state index in [0.717, 1.165) is 30.4 Å². The first-order chi connectivity index (χ1) is 14.5. The Labute approximate surface area is 200 Å². The number of rotatable bonds is 9. The summed E-state index contributed by atoms with van der Waals surface area (Å²) in [6.07, 6.45) is 2.96. The number of amides is 1. The summed E-state index contributed by atoms with van der Waals surface area (Å²) >= 11 is 0. The summed E-state index contributed by atoms with van der Waals surface area (Å²) in [6.45, 7) is 3.09. The zero-order chi connectivity index (χ0) is 21.3. The van der Waals surface area contributed by atoms with E-state index in [1.54, 1.807) is 20.0 Å². The van der Waals surface area contributed by atoms with Crippen molar-refractivity contribution in [2.75, 3.05) is 20.2 Å². The fourth-order valence-corrected chi connectivity index (χ4v) is 2.95. The van der Waals surface area contributed by atoms with Gasteiger partial charge in [0, 0.05) is 26.2 Å². The molecule has 2 aromatic rings. The van der Waals surface area contributed by atoms with Gasteiger partial charge in [-0.3, -0.25) is 9.79 Å². The quantitative estimate of drug-likeness (QED) is 0.259. The molecule has 0 saturated heterocycles. The zero-order valence-electron chi connectivity index (χ0n) is 17.9. The second-order valence-corrected chi connectivity index (χ2v) is 7.46. The van der Waals surface area contributed by atoms with Gasteiger partial charge in [-0.05, 0) is 61.1 Å². The first-order valence-electron chi connectivity index (χ1n) is 10.2. The Morgan fingerprint density at radius 3 is 2.48 bits per heavy atom. The number of carbonyl (C=O) groups excluding carboxylic acids is 1. The molecule has 1 aliphatic rings. The predicted octanol–water partition coefficient (Wildman–Crippen LogP) is 3.32. The van der Waals surface area contributed by atoms with Gasteiger partial charge in [-0.15, -0.1) is 24.0 Å². The van der Waals surface area contributed by atoms with E-state index in [4.69, 9.17) is 4.74 Å². The first-order valence-corrected chi connectivity index (χ1v) is 10.2. The molecule has 1 saturated carbocycles. The van der Waals surface area contributed by atoms with Crippen LogP contribution in [0.15, 0.2) is 47.5 Å². The average molecular weight is 540 g/mol. The number of carbonyl (C=O) groups is 1. The van der Waals surface area contributed by atoms with E-state index in [2.05, 4.69) is 20.9 Å². The van der Waals surface area contributed by atoms with Gasteiger partial charge in [0.15, 0.2) is 12.6 Å². The molecule has 3 rings (SSSR count). The van der Waals surface area contributed by atoms with Crippen LogP contribution >= 0.6 is 24.0 Å². The standard InChI is InChI=1S/C23H29FN4O2.HI/c1-16-13-18(5-10-21(16)24)14-27-23(25-2)26-12-11-17-3-8-20(9-4-17)30-15-22(29)28-19-6-7-19;/h3-5,8-10,13,19H,6-7,11-12,14-15H2,1-2H3,(H,28,29)(H2,25,26,27);1H. The molecule has 0 bridgehead atoms. The van der Waals surface area contributed by atoms with E-state index in [0.29, 0.717) is 36.4 Å². The van der Waals surface area contributed by atoms with E-state index in [1.807, 2.05) is 30.3 Å². The molecule has 168 valence electrons. The number of halogens is 2. The van der Waals surface area contributed by atoms with Crippen LogP contribution in [0.5, 0.6) is 5.75 Å². The van der Waals surface area contributed by atoms with E-state index >= 15 is 0 Å². The van der Waals surface area contributed by atoms with Crippen LogP contribution in [-0.4, -0.2) is 38.1 Å². The predicted molar refractivity (Wildman–Crippen MR) is 132 cm³/mol. The minimum absolute atomic E-state index is 0. The molecule has 0 spiro atoms. The molecular formula is C23H30FIN4O2. The van der Waals surface area contributed by atoms with Gasteiger partial charge in [0.1, 0.15) is 11.6 Å². The molecule has 8 heteroatoms. The van der Waals surface area contributed by atoms with Crippen LogP contribution in [0.1, 0.15) is 29.5 Å². The molecular weight excluding hydrogens is 510 g/mol. The Bertz CT molecular complexity index is 886. The zero-order valence-corrected chi connectivity index (χ0v) is 20.2. The number of nitrogens with zero attached hydrogens (tertiary/aromatic N) is 1. The van der Waals surface area contributed by atoms with E-state index in [-0.39, 0.29) is 42.3 Å². The first kappa shape index (κ1) is 24.9. The monoisotopic (exact) mass is 540 g/mol. The lowest BCUT2D eigenvalue weighted by Gasteiger charge is -2.13. The van der Waals surface area contributed by atoms with Crippen LogP contribution in [0.25, 0.3) is 0 Å². The molecule has 1 fully saturated rings. The molecule has 2 aromatic carbocycles. The lowest BCUT2D eigenvalue weighted by molar-refractivity contribution is -0.123. The lowest BCUT2D eigenvalue weighted by Crippen LogP contribution is -2.37. The van der Waals surface area contributed by atoms with Crippen LogP contribution in [0.2, 0.25) is 0 Å². The molecule has 6 nitrogen and oxygen atoms in total. The minimum atomic E-state index is -0.195. The van der Waals surface area contributed by atoms with Crippen molar-refractivity contribution in [1.29, 1.82) is 0 Å². The third-order valence-electron chi connectivity index (χ3n) is 4.85. The van der Waals surface area contributed by atoms with E-state index in [1.165, 1.54) is 6.07 Å². The van der Waals surface area contributed by atoms with Crippen LogP contribution in [0.3, 0.4) is 0 Å². The highest BCUT2D eigenvalue weighted by atomic mass is 127. The van der Waals surface area contributed by atoms with Crippen molar-refractivity contribution in [3.05, 3.63) is 65.0 Å². The smallest absolute Gasteiger partial charge is 0.258 e. The summed E-state index contributed by atoms with van der Waals surface area (Å²) < 4.78 is 18.9. The largest absolute Gasteiger partial charge is 0.484 e. The Morgan fingerprint density at radius 1 is 1.13 bits per heavy atom. The number of nitrogens with one attached hydrogen (secondary N) is 3. The number of hydrogen-bond donors (Lipinski definition) is 3. The molecule has 31 heavy (non-hydrogen) atoms. The molecule has 1 aliphatic carbocycles. The van der Waals surface area contributed by atoms with Crippen molar-refractivity contribution in [1.82, 2.24) is 16.0 Å². The summed E-state index contributed by atoms with van der Waals surface area (Å²) in [5.74, 6) is 1.11. The average Bonchev–Trinajstić information content (AvgIpc) is 3.56. The maximum Gasteiger partial charge on any atom is 0.258 e. The Balaban J connectivity index is 0.00000341. The van der Waals surface area contributed by atoms with Gasteiger partial charge in [-0.25, -0.2) is 4.39 Å². The van der Waals surface area contributed by atoms with Crippen molar-refractivity contribution in [3.63, 3.8) is 0 Å². The maximum absolute atomic E-state index is 13.4.